The molecule has 0 aromatic carbocycles. The van der Waals surface area contributed by atoms with Gasteiger partial charge in [-0.2, -0.15) is 0 Å². The van der Waals surface area contributed by atoms with Crippen molar-refractivity contribution in [2.45, 2.75) is 136 Å². The summed E-state index contributed by atoms with van der Waals surface area (Å²) in [5, 5.41) is 0. The maximum atomic E-state index is 2.40. The predicted octanol–water partition coefficient (Wildman–Crippen LogP) is 8.99. The van der Waals surface area contributed by atoms with Gasteiger partial charge in [0.2, 0.25) is 0 Å². The minimum absolute atomic E-state index is 1.29. The second-order valence-corrected chi connectivity index (χ2v) is 7.35. The van der Waals surface area contributed by atoms with E-state index in [2.05, 4.69) is 26.0 Å². The highest BCUT2D eigenvalue weighted by Crippen LogP contribution is 2.13. The van der Waals surface area contributed by atoms with Gasteiger partial charge in [0.25, 0.3) is 0 Å². The third-order valence-electron chi connectivity index (χ3n) is 4.87. The minimum atomic E-state index is 1.29. The normalized spacial score (nSPS) is 11.6. The van der Waals surface area contributed by atoms with Gasteiger partial charge in [0.05, 0.1) is 0 Å². The zero-order chi connectivity index (χ0) is 16.8. The van der Waals surface area contributed by atoms with Crippen molar-refractivity contribution in [2.24, 2.45) is 0 Å². The second-order valence-electron chi connectivity index (χ2n) is 7.35. The van der Waals surface area contributed by atoms with Gasteiger partial charge in [0, 0.05) is 0 Å². The highest BCUT2D eigenvalue weighted by molar-refractivity contribution is 4.81. The lowest BCUT2D eigenvalue weighted by Gasteiger charge is -2.03. The standard InChI is InChI=1S/C23H46/c1-3-5-7-9-11-13-15-17-19-21-23-22-20-18-16-14-12-10-8-6-4-2/h9,11H,3-8,10,12-23H2,1-2H3/b11-9-. The minimum Gasteiger partial charge on any atom is -0.0885 e. The van der Waals surface area contributed by atoms with E-state index >= 15 is 0 Å². The van der Waals surface area contributed by atoms with Gasteiger partial charge < -0.3 is 0 Å². The van der Waals surface area contributed by atoms with Crippen LogP contribution in [0, 0.1) is 0 Å². The summed E-state index contributed by atoms with van der Waals surface area (Å²) in [5.74, 6) is 0. The SMILES string of the molecule is CCCC/C=C\CCCCCCCCCCCCCCCCC. The van der Waals surface area contributed by atoms with E-state index in [-0.39, 0.29) is 0 Å². The van der Waals surface area contributed by atoms with Crippen molar-refractivity contribution in [3.63, 3.8) is 0 Å². The Kier molecular flexibility index (Phi) is 21.5. The topological polar surface area (TPSA) is 0 Å². The Morgan fingerprint density at radius 2 is 0.652 bits per heavy atom. The zero-order valence-electron chi connectivity index (χ0n) is 16.6. The van der Waals surface area contributed by atoms with Gasteiger partial charge in [-0.15, -0.1) is 0 Å². The van der Waals surface area contributed by atoms with Crippen LogP contribution in [0.25, 0.3) is 0 Å². The molecular weight excluding hydrogens is 276 g/mol. The molecule has 0 aromatic rings. The van der Waals surface area contributed by atoms with Crippen molar-refractivity contribution in [1.29, 1.82) is 0 Å². The van der Waals surface area contributed by atoms with Crippen LogP contribution in [0.3, 0.4) is 0 Å². The summed E-state index contributed by atoms with van der Waals surface area (Å²) in [4.78, 5) is 0. The molecule has 0 N–H and O–H groups in total. The van der Waals surface area contributed by atoms with E-state index in [0.717, 1.165) is 0 Å². The molecule has 0 fully saturated rings. The molecule has 0 rings (SSSR count). The molecule has 0 aliphatic heterocycles. The maximum Gasteiger partial charge on any atom is -0.0351 e. The molecule has 138 valence electrons. The molecular formula is C23H46. The monoisotopic (exact) mass is 322 g/mol. The first-order chi connectivity index (χ1) is 11.4. The number of rotatable bonds is 19. The third-order valence-corrected chi connectivity index (χ3v) is 4.87. The molecule has 23 heavy (non-hydrogen) atoms. The highest BCUT2D eigenvalue weighted by Gasteiger charge is 1.94. The number of unbranched alkanes of at least 4 members (excludes halogenated alkanes) is 17. The summed E-state index contributed by atoms with van der Waals surface area (Å²) < 4.78 is 0. The smallest absolute Gasteiger partial charge is 0.0351 e. The van der Waals surface area contributed by atoms with Crippen molar-refractivity contribution in [3.8, 4) is 0 Å². The molecule has 0 spiro atoms. The van der Waals surface area contributed by atoms with Crippen molar-refractivity contribution in [3.05, 3.63) is 12.2 Å². The Labute approximate surface area is 148 Å². The lowest BCUT2D eigenvalue weighted by molar-refractivity contribution is 0.533. The Hall–Kier alpha value is -0.260. The fourth-order valence-electron chi connectivity index (χ4n) is 3.19. The first-order valence-corrected chi connectivity index (χ1v) is 11.1. The van der Waals surface area contributed by atoms with E-state index in [4.69, 9.17) is 0 Å². The van der Waals surface area contributed by atoms with Gasteiger partial charge in [-0.3, -0.25) is 0 Å². The van der Waals surface area contributed by atoms with Crippen molar-refractivity contribution >= 4 is 0 Å². The number of hydrogen-bond acceptors (Lipinski definition) is 0. The first kappa shape index (κ1) is 22.7. The second kappa shape index (κ2) is 21.7. The van der Waals surface area contributed by atoms with Crippen molar-refractivity contribution < 1.29 is 0 Å². The van der Waals surface area contributed by atoms with Gasteiger partial charge in [-0.1, -0.05) is 129 Å². The molecule has 0 bridgehead atoms. The van der Waals surface area contributed by atoms with Crippen LogP contribution in [0.4, 0.5) is 0 Å². The lowest BCUT2D eigenvalue weighted by atomic mass is 10.0. The molecule has 0 saturated carbocycles. The van der Waals surface area contributed by atoms with Crippen LogP contribution in [0.1, 0.15) is 136 Å². The zero-order valence-corrected chi connectivity index (χ0v) is 16.6. The molecule has 0 heteroatoms. The summed E-state index contributed by atoms with van der Waals surface area (Å²) in [7, 11) is 0. The summed E-state index contributed by atoms with van der Waals surface area (Å²) in [6, 6.07) is 0. The van der Waals surface area contributed by atoms with Crippen LogP contribution in [0.5, 0.6) is 0 Å². The van der Waals surface area contributed by atoms with Gasteiger partial charge in [-0.25, -0.2) is 0 Å². The van der Waals surface area contributed by atoms with Crippen LogP contribution in [-0.4, -0.2) is 0 Å². The van der Waals surface area contributed by atoms with Gasteiger partial charge in [-0.05, 0) is 19.3 Å². The van der Waals surface area contributed by atoms with Crippen molar-refractivity contribution in [2.75, 3.05) is 0 Å². The molecule has 0 radical (unpaired) electrons. The molecule has 0 unspecified atom stereocenters. The van der Waals surface area contributed by atoms with Gasteiger partial charge >= 0.3 is 0 Å². The number of hydrogen-bond donors (Lipinski definition) is 0. The Morgan fingerprint density at radius 3 is 1.04 bits per heavy atom. The largest absolute Gasteiger partial charge is 0.0885 e. The third kappa shape index (κ3) is 21.7. The fourth-order valence-corrected chi connectivity index (χ4v) is 3.19. The van der Waals surface area contributed by atoms with Crippen LogP contribution in [0.2, 0.25) is 0 Å². The van der Waals surface area contributed by atoms with E-state index < -0.39 is 0 Å². The van der Waals surface area contributed by atoms with E-state index in [1.165, 1.54) is 122 Å². The van der Waals surface area contributed by atoms with Gasteiger partial charge in [0.1, 0.15) is 0 Å². The quantitative estimate of drug-likeness (QED) is 0.164. The summed E-state index contributed by atoms with van der Waals surface area (Å²) in [6.07, 6.45) is 31.9. The van der Waals surface area contributed by atoms with Crippen LogP contribution < -0.4 is 0 Å². The molecule has 0 amide bonds. The van der Waals surface area contributed by atoms with Gasteiger partial charge in [0.15, 0.2) is 0 Å². The molecule has 0 saturated heterocycles. The fraction of sp³-hybridized carbons (Fsp3) is 0.913. The van der Waals surface area contributed by atoms with Crippen LogP contribution in [-0.2, 0) is 0 Å². The summed E-state index contributed by atoms with van der Waals surface area (Å²) in [5.41, 5.74) is 0. The summed E-state index contributed by atoms with van der Waals surface area (Å²) >= 11 is 0. The van der Waals surface area contributed by atoms with Crippen LogP contribution >= 0.6 is 0 Å². The molecule has 0 aliphatic carbocycles. The summed E-state index contributed by atoms with van der Waals surface area (Å²) in [6.45, 7) is 4.56. The average molecular weight is 323 g/mol. The Morgan fingerprint density at radius 1 is 0.348 bits per heavy atom. The van der Waals surface area contributed by atoms with Crippen molar-refractivity contribution in [1.82, 2.24) is 0 Å². The Bertz CT molecular complexity index is 216. The lowest BCUT2D eigenvalue weighted by Crippen LogP contribution is -1.83. The van der Waals surface area contributed by atoms with E-state index in [1.54, 1.807) is 0 Å². The molecule has 0 aromatic heterocycles. The Balaban J connectivity index is 2.98. The highest BCUT2D eigenvalue weighted by atomic mass is 14.0. The molecule has 0 nitrogen and oxygen atoms in total. The predicted molar refractivity (Wildman–Crippen MR) is 108 cm³/mol. The van der Waals surface area contributed by atoms with E-state index in [9.17, 15) is 0 Å². The molecule has 0 aliphatic rings. The van der Waals surface area contributed by atoms with E-state index in [1.807, 2.05) is 0 Å². The molecule has 0 heterocycles. The maximum absolute atomic E-state index is 2.40. The number of allylic oxidation sites excluding steroid dienone is 2. The van der Waals surface area contributed by atoms with Crippen LogP contribution in [0.15, 0.2) is 12.2 Å². The average Bonchev–Trinajstić information content (AvgIpc) is 2.57. The first-order valence-electron chi connectivity index (χ1n) is 11.1. The van der Waals surface area contributed by atoms with E-state index in [0.29, 0.717) is 0 Å². The molecule has 0 atom stereocenters.